The summed E-state index contributed by atoms with van der Waals surface area (Å²) in [6.45, 7) is 7.57. The van der Waals surface area contributed by atoms with E-state index in [1.807, 2.05) is 17.0 Å². The topological polar surface area (TPSA) is 44.4 Å². The lowest BCUT2D eigenvalue weighted by Gasteiger charge is -2.25. The highest BCUT2D eigenvalue weighted by Crippen LogP contribution is 2.19. The highest BCUT2D eigenvalue weighted by atomic mass is 35.5. The normalized spacial score (nSPS) is 10.9. The van der Waals surface area contributed by atoms with Gasteiger partial charge in [-0.1, -0.05) is 76.7 Å². The van der Waals surface area contributed by atoms with Crippen LogP contribution in [0.5, 0.6) is 0 Å². The predicted octanol–water partition coefficient (Wildman–Crippen LogP) is 3.98. The number of pyridine rings is 1. The molecule has 1 aromatic carbocycles. The number of aliphatic carboxylic acids is 1. The lowest BCUT2D eigenvalue weighted by Crippen LogP contribution is -3.00. The minimum atomic E-state index is -0.739. The zero-order valence-electron chi connectivity index (χ0n) is 21.1. The molecule has 188 valence electrons. The number of anilines is 1. The Balaban J connectivity index is 0.00000578. The summed E-state index contributed by atoms with van der Waals surface area (Å²) in [7, 11) is 0. The Morgan fingerprint density at radius 2 is 1.32 bits per heavy atom. The number of rotatable bonds is 17. The number of hydrogen-bond acceptors (Lipinski definition) is 2. The van der Waals surface area contributed by atoms with Crippen molar-refractivity contribution < 1.29 is 26.9 Å². The van der Waals surface area contributed by atoms with E-state index >= 15 is 0 Å². The molecule has 1 aromatic heterocycles. The van der Waals surface area contributed by atoms with Crippen molar-refractivity contribution in [1.29, 1.82) is 0 Å². The molecule has 0 aliphatic heterocycles. The van der Waals surface area contributed by atoms with Crippen LogP contribution in [0, 0.1) is 0 Å². The fourth-order valence-electron chi connectivity index (χ4n) is 3.96. The third-order valence-corrected chi connectivity index (χ3v) is 6.01. The first kappa shape index (κ1) is 29.7. The SMILES string of the molecule is CCCCCCN(CCCCCC)c1ccc(/C=C/c2cc[n+](CCCC(=O)O)cc2)cc1.[Cl-]. The van der Waals surface area contributed by atoms with Crippen molar-refractivity contribution in [2.75, 3.05) is 18.0 Å². The molecule has 1 heterocycles. The van der Waals surface area contributed by atoms with Gasteiger partial charge in [0.25, 0.3) is 0 Å². The van der Waals surface area contributed by atoms with Crippen LogP contribution < -0.4 is 21.9 Å². The number of carbonyl (C=O) groups is 1. The van der Waals surface area contributed by atoms with E-state index in [1.54, 1.807) is 0 Å². The fourth-order valence-corrected chi connectivity index (χ4v) is 3.96. The van der Waals surface area contributed by atoms with E-state index in [1.165, 1.54) is 62.6 Å². The molecule has 1 N–H and O–H groups in total. The quantitative estimate of drug-likeness (QED) is 0.272. The maximum absolute atomic E-state index is 10.6. The molecule has 0 aliphatic carbocycles. The van der Waals surface area contributed by atoms with E-state index in [2.05, 4.69) is 67.3 Å². The molecule has 0 spiro atoms. The van der Waals surface area contributed by atoms with Crippen LogP contribution in [0.4, 0.5) is 5.69 Å². The summed E-state index contributed by atoms with van der Waals surface area (Å²) in [6.07, 6.45) is 19.6. The van der Waals surface area contributed by atoms with E-state index in [0.29, 0.717) is 6.42 Å². The van der Waals surface area contributed by atoms with Crippen LogP contribution in [-0.2, 0) is 11.3 Å². The highest BCUT2D eigenvalue weighted by Gasteiger charge is 2.06. The molecule has 0 fully saturated rings. The summed E-state index contributed by atoms with van der Waals surface area (Å²) in [5, 5.41) is 8.76. The monoisotopic (exact) mass is 486 g/mol. The number of halogens is 1. The Kier molecular flexibility index (Phi) is 15.8. The average molecular weight is 487 g/mol. The van der Waals surface area contributed by atoms with Crippen LogP contribution in [-0.4, -0.2) is 24.2 Å². The van der Waals surface area contributed by atoms with Crippen molar-refractivity contribution in [3.8, 4) is 0 Å². The van der Waals surface area contributed by atoms with Gasteiger partial charge in [0.15, 0.2) is 12.4 Å². The van der Waals surface area contributed by atoms with Crippen LogP contribution in [0.25, 0.3) is 12.2 Å². The lowest BCUT2D eigenvalue weighted by molar-refractivity contribution is -0.697. The van der Waals surface area contributed by atoms with Crippen molar-refractivity contribution in [3.05, 3.63) is 59.9 Å². The number of nitrogens with zero attached hydrogens (tertiary/aromatic N) is 2. The molecule has 34 heavy (non-hydrogen) atoms. The summed E-state index contributed by atoms with van der Waals surface area (Å²) in [4.78, 5) is 13.2. The van der Waals surface area contributed by atoms with Gasteiger partial charge < -0.3 is 22.4 Å². The van der Waals surface area contributed by atoms with Crippen molar-refractivity contribution in [1.82, 2.24) is 0 Å². The van der Waals surface area contributed by atoms with Gasteiger partial charge in [-0.3, -0.25) is 4.79 Å². The van der Waals surface area contributed by atoms with Crippen molar-refractivity contribution in [3.63, 3.8) is 0 Å². The Hall–Kier alpha value is -2.33. The van der Waals surface area contributed by atoms with Gasteiger partial charge in [-0.05, 0) is 36.1 Å². The maximum Gasteiger partial charge on any atom is 0.303 e. The number of aromatic nitrogens is 1. The standard InChI is InChI=1S/C29H42N2O2.ClH/c1-3-5-7-9-22-31(23-10-8-6-4-2)28-17-15-26(16-18-28)13-14-27-19-24-30(25-20-27)21-11-12-29(32)33;/h13-20,24-25H,3-12,21-23H2,1-2H3;1H. The first-order valence-electron chi connectivity index (χ1n) is 12.9. The van der Waals surface area contributed by atoms with Crippen LogP contribution in [0.1, 0.15) is 89.2 Å². The molecule has 0 saturated carbocycles. The molecule has 0 atom stereocenters. The van der Waals surface area contributed by atoms with Crippen molar-refractivity contribution >= 4 is 23.8 Å². The van der Waals surface area contributed by atoms with Crippen LogP contribution in [0.3, 0.4) is 0 Å². The minimum absolute atomic E-state index is 0. The zero-order chi connectivity index (χ0) is 23.7. The molecule has 0 saturated heterocycles. The van der Waals surface area contributed by atoms with Crippen molar-refractivity contribution in [2.45, 2.75) is 84.6 Å². The number of carboxylic acids is 1. The van der Waals surface area contributed by atoms with Gasteiger partial charge in [0.2, 0.25) is 0 Å². The number of carboxylic acid groups (broad SMARTS) is 1. The first-order valence-corrected chi connectivity index (χ1v) is 12.9. The first-order chi connectivity index (χ1) is 16.1. The Morgan fingerprint density at radius 3 is 1.82 bits per heavy atom. The summed E-state index contributed by atoms with van der Waals surface area (Å²) < 4.78 is 2.03. The summed E-state index contributed by atoms with van der Waals surface area (Å²) >= 11 is 0. The number of aryl methyl sites for hydroxylation is 1. The average Bonchev–Trinajstić information content (AvgIpc) is 2.83. The van der Waals surface area contributed by atoms with Gasteiger partial charge in [0.1, 0.15) is 6.54 Å². The predicted molar refractivity (Wildman–Crippen MR) is 139 cm³/mol. The lowest BCUT2D eigenvalue weighted by atomic mass is 10.1. The molecule has 0 radical (unpaired) electrons. The molecule has 2 aromatic rings. The molecule has 4 nitrogen and oxygen atoms in total. The highest BCUT2D eigenvalue weighted by molar-refractivity contribution is 5.70. The van der Waals surface area contributed by atoms with Gasteiger partial charge in [-0.15, -0.1) is 0 Å². The van der Waals surface area contributed by atoms with Gasteiger partial charge in [-0.2, -0.15) is 0 Å². The summed E-state index contributed by atoms with van der Waals surface area (Å²) in [6, 6.07) is 13.1. The molecule has 0 amide bonds. The number of benzene rings is 1. The second-order valence-electron chi connectivity index (χ2n) is 8.90. The van der Waals surface area contributed by atoms with Crippen molar-refractivity contribution in [2.24, 2.45) is 0 Å². The van der Waals surface area contributed by atoms with Crippen LogP contribution >= 0.6 is 0 Å². The molecular weight excluding hydrogens is 444 g/mol. The number of unbranched alkanes of at least 4 members (excludes halogenated alkanes) is 6. The largest absolute Gasteiger partial charge is 1.00 e. The number of hydrogen-bond donors (Lipinski definition) is 1. The van der Waals surface area contributed by atoms with Gasteiger partial charge in [-0.25, -0.2) is 4.57 Å². The third-order valence-electron chi connectivity index (χ3n) is 6.01. The van der Waals surface area contributed by atoms with E-state index in [4.69, 9.17) is 5.11 Å². The molecule has 0 bridgehead atoms. The Labute approximate surface area is 213 Å². The minimum Gasteiger partial charge on any atom is -1.00 e. The van der Waals surface area contributed by atoms with E-state index in [0.717, 1.165) is 25.2 Å². The van der Waals surface area contributed by atoms with E-state index in [-0.39, 0.29) is 18.8 Å². The molecule has 2 rings (SSSR count). The van der Waals surface area contributed by atoms with Gasteiger partial charge in [0, 0.05) is 37.3 Å². The van der Waals surface area contributed by atoms with Gasteiger partial charge >= 0.3 is 5.97 Å². The molecular formula is C29H43ClN2O2. The smallest absolute Gasteiger partial charge is 0.303 e. The zero-order valence-corrected chi connectivity index (χ0v) is 21.8. The van der Waals surface area contributed by atoms with Gasteiger partial charge in [0.05, 0.1) is 6.42 Å². The summed E-state index contributed by atoms with van der Waals surface area (Å²) in [5.41, 5.74) is 3.68. The molecule has 0 unspecified atom stereocenters. The second-order valence-corrected chi connectivity index (χ2v) is 8.90. The third kappa shape index (κ3) is 12.2. The molecule has 5 heteroatoms. The summed E-state index contributed by atoms with van der Waals surface area (Å²) in [5.74, 6) is -0.739. The second kappa shape index (κ2) is 18.1. The Morgan fingerprint density at radius 1 is 0.794 bits per heavy atom. The maximum atomic E-state index is 10.6. The molecule has 0 aliphatic rings. The fraction of sp³-hybridized carbons (Fsp3) is 0.517. The van der Waals surface area contributed by atoms with Crippen LogP contribution in [0.15, 0.2) is 48.8 Å². The Bertz CT molecular complexity index is 807. The van der Waals surface area contributed by atoms with Crippen LogP contribution in [0.2, 0.25) is 0 Å². The van der Waals surface area contributed by atoms with E-state index < -0.39 is 5.97 Å². The van der Waals surface area contributed by atoms with E-state index in [9.17, 15) is 4.79 Å².